The van der Waals surface area contributed by atoms with E-state index in [0.717, 1.165) is 38.3 Å². The Morgan fingerprint density at radius 1 is 1.11 bits per heavy atom. The molecule has 0 aliphatic rings. The highest BCUT2D eigenvalue weighted by molar-refractivity contribution is 5.70. The summed E-state index contributed by atoms with van der Waals surface area (Å²) < 4.78 is 0. The molecule has 18 heavy (non-hydrogen) atoms. The molecule has 0 heterocycles. The quantitative estimate of drug-likeness (QED) is 0.406. The molecule has 0 aliphatic carbocycles. The van der Waals surface area contributed by atoms with Gasteiger partial charge in [0, 0.05) is 18.8 Å². The van der Waals surface area contributed by atoms with Crippen LogP contribution in [0.3, 0.4) is 0 Å². The van der Waals surface area contributed by atoms with E-state index in [-0.39, 0.29) is 0 Å². The summed E-state index contributed by atoms with van der Waals surface area (Å²) in [5.74, 6) is 0. The van der Waals surface area contributed by atoms with Gasteiger partial charge in [-0.25, -0.2) is 0 Å². The normalized spacial score (nSPS) is 10.8. The zero-order chi connectivity index (χ0) is 13.4. The van der Waals surface area contributed by atoms with Crippen molar-refractivity contribution in [3.8, 4) is 0 Å². The number of benzene rings is 1. The second-order valence-electron chi connectivity index (χ2n) is 4.68. The van der Waals surface area contributed by atoms with Gasteiger partial charge in [0.25, 0.3) is 0 Å². The van der Waals surface area contributed by atoms with Gasteiger partial charge in [0.2, 0.25) is 0 Å². The molecule has 1 rings (SSSR count). The Morgan fingerprint density at radius 3 is 2.56 bits per heavy atom. The number of nitrogen functional groups attached to an aromatic ring is 2. The van der Waals surface area contributed by atoms with E-state index in [9.17, 15) is 0 Å². The number of nitrogens with two attached hydrogens (primary N) is 2. The molecule has 5 nitrogen and oxygen atoms in total. The third kappa shape index (κ3) is 5.75. The van der Waals surface area contributed by atoms with E-state index in [1.54, 1.807) is 6.07 Å². The van der Waals surface area contributed by atoms with E-state index in [1.165, 1.54) is 0 Å². The summed E-state index contributed by atoms with van der Waals surface area (Å²) in [4.78, 5) is 2.19. The highest BCUT2D eigenvalue weighted by Crippen LogP contribution is 2.20. The number of anilines is 3. The van der Waals surface area contributed by atoms with Crippen LogP contribution in [-0.2, 0) is 0 Å². The second-order valence-corrected chi connectivity index (χ2v) is 4.68. The lowest BCUT2D eigenvalue weighted by molar-refractivity contribution is 0.395. The Kier molecular flexibility index (Phi) is 6.32. The Hall–Kier alpha value is -1.46. The number of hydrogen-bond acceptors (Lipinski definition) is 5. The van der Waals surface area contributed by atoms with Gasteiger partial charge in [0.05, 0.1) is 11.4 Å². The largest absolute Gasteiger partial charge is 0.399 e. The van der Waals surface area contributed by atoms with Gasteiger partial charge >= 0.3 is 0 Å². The van der Waals surface area contributed by atoms with E-state index in [1.807, 2.05) is 12.1 Å². The van der Waals surface area contributed by atoms with E-state index in [0.29, 0.717) is 11.4 Å². The predicted octanol–water partition coefficient (Wildman–Crippen LogP) is 0.804. The molecule has 5 heteroatoms. The van der Waals surface area contributed by atoms with Crippen LogP contribution in [0.4, 0.5) is 17.1 Å². The van der Waals surface area contributed by atoms with Crippen LogP contribution in [-0.4, -0.2) is 45.2 Å². The zero-order valence-electron chi connectivity index (χ0n) is 11.4. The minimum Gasteiger partial charge on any atom is -0.399 e. The average Bonchev–Trinajstić information content (AvgIpc) is 2.30. The minimum absolute atomic E-state index is 0.694. The standard InChI is InChI=1S/C13H25N5/c1-18(2)9-3-6-16-7-8-17-13-5-4-11(14)10-12(13)15/h4-5,10,16-17H,3,6-9,14-15H2,1-2H3. The van der Waals surface area contributed by atoms with Gasteiger partial charge in [0.1, 0.15) is 0 Å². The molecule has 0 fully saturated rings. The van der Waals surface area contributed by atoms with Crippen LogP contribution in [0.15, 0.2) is 18.2 Å². The molecular weight excluding hydrogens is 226 g/mol. The van der Waals surface area contributed by atoms with E-state index in [2.05, 4.69) is 29.6 Å². The second kappa shape index (κ2) is 7.79. The molecule has 1 aromatic rings. The molecule has 0 aromatic heterocycles. The third-order valence-electron chi connectivity index (χ3n) is 2.65. The lowest BCUT2D eigenvalue weighted by atomic mass is 10.2. The molecule has 1 aromatic carbocycles. The topological polar surface area (TPSA) is 79.3 Å². The van der Waals surface area contributed by atoms with Crippen molar-refractivity contribution >= 4 is 17.1 Å². The summed E-state index contributed by atoms with van der Waals surface area (Å²) in [7, 11) is 4.18. The Bertz CT molecular complexity index is 351. The SMILES string of the molecule is CN(C)CCCNCCNc1ccc(N)cc1N. The summed E-state index contributed by atoms with van der Waals surface area (Å²) in [6, 6.07) is 5.53. The average molecular weight is 251 g/mol. The smallest absolute Gasteiger partial charge is 0.0575 e. The Morgan fingerprint density at radius 2 is 1.89 bits per heavy atom. The number of hydrogen-bond donors (Lipinski definition) is 4. The van der Waals surface area contributed by atoms with Gasteiger partial charge in [-0.05, 0) is 51.8 Å². The summed E-state index contributed by atoms with van der Waals surface area (Å²) in [5, 5.41) is 6.67. The van der Waals surface area contributed by atoms with Crippen molar-refractivity contribution in [3.05, 3.63) is 18.2 Å². The monoisotopic (exact) mass is 251 g/mol. The Balaban J connectivity index is 2.11. The molecule has 0 spiro atoms. The van der Waals surface area contributed by atoms with Crippen molar-refractivity contribution in [1.29, 1.82) is 0 Å². The fourth-order valence-corrected chi connectivity index (χ4v) is 1.67. The van der Waals surface area contributed by atoms with Crippen LogP contribution in [0, 0.1) is 0 Å². The molecule has 0 aliphatic heterocycles. The molecule has 6 N–H and O–H groups in total. The summed E-state index contributed by atoms with van der Waals surface area (Å²) in [5.41, 5.74) is 13.8. The summed E-state index contributed by atoms with van der Waals surface area (Å²) >= 11 is 0. The highest BCUT2D eigenvalue weighted by Gasteiger charge is 1.98. The fourth-order valence-electron chi connectivity index (χ4n) is 1.67. The molecule has 0 amide bonds. The Labute approximate surface area is 110 Å². The maximum Gasteiger partial charge on any atom is 0.0575 e. The first-order chi connectivity index (χ1) is 8.59. The van der Waals surface area contributed by atoms with Gasteiger partial charge in [0.15, 0.2) is 0 Å². The van der Waals surface area contributed by atoms with Crippen molar-refractivity contribution in [3.63, 3.8) is 0 Å². The van der Waals surface area contributed by atoms with Crippen LogP contribution in [0.5, 0.6) is 0 Å². The van der Waals surface area contributed by atoms with Crippen LogP contribution in [0.2, 0.25) is 0 Å². The summed E-state index contributed by atoms with van der Waals surface area (Å²) in [6.45, 7) is 3.94. The van der Waals surface area contributed by atoms with Crippen LogP contribution < -0.4 is 22.1 Å². The number of rotatable bonds is 8. The summed E-state index contributed by atoms with van der Waals surface area (Å²) in [6.07, 6.45) is 1.16. The predicted molar refractivity (Wildman–Crippen MR) is 79.8 cm³/mol. The number of nitrogens with one attached hydrogen (secondary N) is 2. The molecule has 0 saturated carbocycles. The zero-order valence-corrected chi connectivity index (χ0v) is 11.4. The van der Waals surface area contributed by atoms with Gasteiger partial charge < -0.3 is 27.0 Å². The van der Waals surface area contributed by atoms with Crippen LogP contribution in [0.1, 0.15) is 6.42 Å². The van der Waals surface area contributed by atoms with Crippen molar-refractivity contribution in [1.82, 2.24) is 10.2 Å². The first-order valence-corrected chi connectivity index (χ1v) is 6.34. The lowest BCUT2D eigenvalue weighted by Crippen LogP contribution is -2.26. The van der Waals surface area contributed by atoms with Gasteiger partial charge in [-0.3, -0.25) is 0 Å². The molecule has 0 radical (unpaired) electrons. The minimum atomic E-state index is 0.694. The first-order valence-electron chi connectivity index (χ1n) is 6.34. The van der Waals surface area contributed by atoms with Crippen molar-refractivity contribution in [2.75, 3.05) is 57.1 Å². The van der Waals surface area contributed by atoms with Crippen molar-refractivity contribution < 1.29 is 0 Å². The van der Waals surface area contributed by atoms with Gasteiger partial charge in [-0.2, -0.15) is 0 Å². The van der Waals surface area contributed by atoms with E-state index in [4.69, 9.17) is 11.5 Å². The molecule has 0 bridgehead atoms. The molecule has 0 unspecified atom stereocenters. The maximum absolute atomic E-state index is 5.85. The molecule has 0 saturated heterocycles. The van der Waals surface area contributed by atoms with Crippen molar-refractivity contribution in [2.45, 2.75) is 6.42 Å². The van der Waals surface area contributed by atoms with E-state index >= 15 is 0 Å². The van der Waals surface area contributed by atoms with Gasteiger partial charge in [-0.1, -0.05) is 0 Å². The molecular formula is C13H25N5. The van der Waals surface area contributed by atoms with Crippen LogP contribution in [0.25, 0.3) is 0 Å². The molecule has 102 valence electrons. The third-order valence-corrected chi connectivity index (χ3v) is 2.65. The van der Waals surface area contributed by atoms with Crippen LogP contribution >= 0.6 is 0 Å². The lowest BCUT2D eigenvalue weighted by Gasteiger charge is -2.12. The first kappa shape index (κ1) is 14.6. The maximum atomic E-state index is 5.85. The number of nitrogens with zero attached hydrogens (tertiary/aromatic N) is 1. The van der Waals surface area contributed by atoms with Gasteiger partial charge in [-0.15, -0.1) is 0 Å². The highest BCUT2D eigenvalue weighted by atomic mass is 15.1. The fraction of sp³-hybridized carbons (Fsp3) is 0.538. The van der Waals surface area contributed by atoms with E-state index < -0.39 is 0 Å². The molecule has 0 atom stereocenters. The van der Waals surface area contributed by atoms with Crippen molar-refractivity contribution in [2.24, 2.45) is 0 Å².